The van der Waals surface area contributed by atoms with E-state index in [-0.39, 0.29) is 5.91 Å². The fourth-order valence-electron chi connectivity index (χ4n) is 1.52. The first-order valence-corrected chi connectivity index (χ1v) is 8.51. The molecule has 1 N–H and O–H groups in total. The monoisotopic (exact) mass is 493 g/mol. The summed E-state index contributed by atoms with van der Waals surface area (Å²) >= 11 is 9.03. The lowest BCUT2D eigenvalue weighted by Crippen LogP contribution is -2.11. The zero-order valence-corrected chi connectivity index (χ0v) is 15.1. The van der Waals surface area contributed by atoms with Crippen molar-refractivity contribution in [1.82, 2.24) is 0 Å². The largest absolute Gasteiger partial charge is 0.322 e. The second-order valence-corrected chi connectivity index (χ2v) is 6.49. The van der Waals surface area contributed by atoms with Gasteiger partial charge in [-0.3, -0.25) is 4.79 Å². The maximum absolute atomic E-state index is 12.1. The normalized spacial score (nSPS) is 10.3. The van der Waals surface area contributed by atoms with Crippen molar-refractivity contribution in [3.63, 3.8) is 0 Å². The van der Waals surface area contributed by atoms with Crippen molar-refractivity contribution in [3.8, 4) is 0 Å². The zero-order valence-electron chi connectivity index (χ0n) is 9.79. The number of anilines is 1. The van der Waals surface area contributed by atoms with E-state index in [0.717, 1.165) is 24.6 Å². The van der Waals surface area contributed by atoms with Crippen LogP contribution in [0.5, 0.6) is 0 Å². The number of benzene rings is 2. The molecule has 0 saturated heterocycles. The van der Waals surface area contributed by atoms with Gasteiger partial charge in [0.25, 0.3) is 5.91 Å². The predicted molar refractivity (Wildman–Crippen MR) is 93.9 cm³/mol. The van der Waals surface area contributed by atoms with Crippen molar-refractivity contribution < 1.29 is 4.79 Å². The number of nitrogens with one attached hydrogen (secondary N) is 1. The predicted octanol–water partition coefficient (Wildman–Crippen LogP) is 5.20. The Morgan fingerprint density at radius 2 is 1.84 bits per heavy atom. The standard InChI is InChI=1S/C14H10Br2INO/c15-8-9-1-3-10(4-2-9)14(19)18-11-5-6-12(16)13(17)7-11/h1-7H,8H2,(H,18,19). The van der Waals surface area contributed by atoms with Crippen LogP contribution in [-0.2, 0) is 5.33 Å². The maximum Gasteiger partial charge on any atom is 0.255 e. The van der Waals surface area contributed by atoms with Crippen LogP contribution in [0.1, 0.15) is 15.9 Å². The highest BCUT2D eigenvalue weighted by atomic mass is 127. The first-order chi connectivity index (χ1) is 9.10. The van der Waals surface area contributed by atoms with E-state index < -0.39 is 0 Å². The van der Waals surface area contributed by atoms with Crippen LogP contribution in [-0.4, -0.2) is 5.91 Å². The van der Waals surface area contributed by atoms with E-state index in [1.54, 1.807) is 0 Å². The Kier molecular flexibility index (Phi) is 5.41. The highest BCUT2D eigenvalue weighted by molar-refractivity contribution is 14.1. The molecule has 0 saturated carbocycles. The molecule has 0 spiro atoms. The molecule has 0 fully saturated rings. The van der Waals surface area contributed by atoms with Crippen molar-refractivity contribution in [2.24, 2.45) is 0 Å². The second-order valence-electron chi connectivity index (χ2n) is 3.91. The molecule has 98 valence electrons. The van der Waals surface area contributed by atoms with E-state index in [0.29, 0.717) is 5.56 Å². The molecule has 0 aliphatic heterocycles. The van der Waals surface area contributed by atoms with Gasteiger partial charge in [0, 0.05) is 24.6 Å². The molecule has 0 unspecified atom stereocenters. The quantitative estimate of drug-likeness (QED) is 0.461. The molecule has 0 atom stereocenters. The molecule has 1 amide bonds. The van der Waals surface area contributed by atoms with Crippen LogP contribution in [0, 0.1) is 3.57 Å². The molecule has 5 heteroatoms. The summed E-state index contributed by atoms with van der Waals surface area (Å²) in [6.07, 6.45) is 0. The van der Waals surface area contributed by atoms with Crippen molar-refractivity contribution in [2.75, 3.05) is 5.32 Å². The van der Waals surface area contributed by atoms with Crippen LogP contribution in [0.4, 0.5) is 5.69 Å². The van der Waals surface area contributed by atoms with Gasteiger partial charge in [0.15, 0.2) is 0 Å². The Morgan fingerprint density at radius 1 is 1.16 bits per heavy atom. The Hall–Kier alpha value is -0.400. The summed E-state index contributed by atoms with van der Waals surface area (Å²) in [5.41, 5.74) is 2.60. The Labute approximate surface area is 142 Å². The van der Waals surface area contributed by atoms with Crippen molar-refractivity contribution in [1.29, 1.82) is 0 Å². The Balaban J connectivity index is 2.13. The number of alkyl halides is 1. The van der Waals surface area contributed by atoms with Gasteiger partial charge in [-0.2, -0.15) is 0 Å². The number of halogens is 3. The van der Waals surface area contributed by atoms with Gasteiger partial charge in [0.1, 0.15) is 0 Å². The molecule has 19 heavy (non-hydrogen) atoms. The SMILES string of the molecule is O=C(Nc1ccc(Br)c(I)c1)c1ccc(CBr)cc1. The smallest absolute Gasteiger partial charge is 0.255 e. The van der Waals surface area contributed by atoms with Crippen molar-refractivity contribution in [2.45, 2.75) is 5.33 Å². The summed E-state index contributed by atoms with van der Waals surface area (Å²) in [5.74, 6) is -0.0979. The average Bonchev–Trinajstić information content (AvgIpc) is 2.43. The molecule has 0 heterocycles. The van der Waals surface area contributed by atoms with E-state index in [4.69, 9.17) is 0 Å². The van der Waals surface area contributed by atoms with Crippen LogP contribution in [0.2, 0.25) is 0 Å². The van der Waals surface area contributed by atoms with Crippen LogP contribution in [0.3, 0.4) is 0 Å². The van der Waals surface area contributed by atoms with Crippen LogP contribution in [0.15, 0.2) is 46.9 Å². The van der Waals surface area contributed by atoms with Crippen LogP contribution < -0.4 is 5.32 Å². The van der Waals surface area contributed by atoms with Gasteiger partial charge in [-0.1, -0.05) is 28.1 Å². The maximum atomic E-state index is 12.1. The fraction of sp³-hybridized carbons (Fsp3) is 0.0714. The lowest BCUT2D eigenvalue weighted by Gasteiger charge is -2.07. The average molecular weight is 495 g/mol. The van der Waals surface area contributed by atoms with E-state index in [9.17, 15) is 4.79 Å². The van der Waals surface area contributed by atoms with Gasteiger partial charge in [0.2, 0.25) is 0 Å². The zero-order chi connectivity index (χ0) is 13.8. The van der Waals surface area contributed by atoms with Gasteiger partial charge < -0.3 is 5.32 Å². The molecule has 0 bridgehead atoms. The topological polar surface area (TPSA) is 29.1 Å². The van der Waals surface area contributed by atoms with Gasteiger partial charge in [0.05, 0.1) is 0 Å². The summed E-state index contributed by atoms with van der Waals surface area (Å²) in [5, 5.41) is 3.68. The molecule has 2 rings (SSSR count). The minimum atomic E-state index is -0.0979. The molecule has 0 aliphatic rings. The third kappa shape index (κ3) is 4.03. The highest BCUT2D eigenvalue weighted by Gasteiger charge is 2.07. The molecule has 2 nitrogen and oxygen atoms in total. The number of hydrogen-bond donors (Lipinski definition) is 1. The lowest BCUT2D eigenvalue weighted by molar-refractivity contribution is 0.102. The number of amides is 1. The van der Waals surface area contributed by atoms with E-state index in [2.05, 4.69) is 59.8 Å². The first kappa shape index (κ1) is 15.0. The number of hydrogen-bond acceptors (Lipinski definition) is 1. The number of carbonyl (C=O) groups is 1. The second kappa shape index (κ2) is 6.85. The van der Waals surface area contributed by atoms with Crippen molar-refractivity contribution >= 4 is 66.0 Å². The molecule has 2 aromatic rings. The molecule has 0 radical (unpaired) electrons. The number of rotatable bonds is 3. The Morgan fingerprint density at radius 3 is 2.42 bits per heavy atom. The van der Waals surface area contributed by atoms with Crippen molar-refractivity contribution in [3.05, 3.63) is 61.6 Å². The molecule has 0 aliphatic carbocycles. The Bertz CT molecular complexity index is 599. The lowest BCUT2D eigenvalue weighted by atomic mass is 10.1. The molecule has 2 aromatic carbocycles. The fourth-order valence-corrected chi connectivity index (χ4v) is 2.66. The minimum Gasteiger partial charge on any atom is -0.322 e. The highest BCUT2D eigenvalue weighted by Crippen LogP contribution is 2.23. The van der Waals surface area contributed by atoms with Gasteiger partial charge in [-0.25, -0.2) is 0 Å². The summed E-state index contributed by atoms with van der Waals surface area (Å²) < 4.78 is 2.08. The third-order valence-electron chi connectivity index (χ3n) is 2.55. The molecular weight excluding hydrogens is 485 g/mol. The first-order valence-electron chi connectivity index (χ1n) is 5.51. The number of carbonyl (C=O) groups excluding carboxylic acids is 1. The molecular formula is C14H10Br2INO. The van der Waals surface area contributed by atoms with E-state index in [1.807, 2.05) is 42.5 Å². The van der Waals surface area contributed by atoms with Gasteiger partial charge >= 0.3 is 0 Å². The third-order valence-corrected chi connectivity index (χ3v) is 5.52. The molecule has 0 aromatic heterocycles. The minimum absolute atomic E-state index is 0.0979. The van der Waals surface area contributed by atoms with Crippen LogP contribution >= 0.6 is 54.5 Å². The summed E-state index contributed by atoms with van der Waals surface area (Å²) in [6.45, 7) is 0. The van der Waals surface area contributed by atoms with E-state index in [1.165, 1.54) is 0 Å². The van der Waals surface area contributed by atoms with E-state index >= 15 is 0 Å². The van der Waals surface area contributed by atoms with Crippen LogP contribution in [0.25, 0.3) is 0 Å². The summed E-state index contributed by atoms with van der Waals surface area (Å²) in [6, 6.07) is 13.3. The van der Waals surface area contributed by atoms with Gasteiger partial charge in [-0.05, 0) is 74.4 Å². The summed E-state index contributed by atoms with van der Waals surface area (Å²) in [7, 11) is 0. The van der Waals surface area contributed by atoms with Gasteiger partial charge in [-0.15, -0.1) is 0 Å². The summed E-state index contributed by atoms with van der Waals surface area (Å²) in [4.78, 5) is 12.1.